The lowest BCUT2D eigenvalue weighted by molar-refractivity contribution is 0.0927. The van der Waals surface area contributed by atoms with Gasteiger partial charge in [0.25, 0.3) is 5.91 Å². The number of aromatic nitrogens is 3. The van der Waals surface area contributed by atoms with Crippen molar-refractivity contribution in [2.24, 2.45) is 0 Å². The van der Waals surface area contributed by atoms with E-state index in [2.05, 4.69) is 15.6 Å². The summed E-state index contributed by atoms with van der Waals surface area (Å²) >= 11 is 5.87. The summed E-state index contributed by atoms with van der Waals surface area (Å²) < 4.78 is 7.73. The van der Waals surface area contributed by atoms with Crippen molar-refractivity contribution in [1.29, 1.82) is 0 Å². The molecule has 6 nitrogen and oxygen atoms in total. The molecule has 0 spiro atoms. The minimum atomic E-state index is -0.147. The van der Waals surface area contributed by atoms with Gasteiger partial charge in [-0.25, -0.2) is 4.68 Å². The highest BCUT2D eigenvalue weighted by atomic mass is 35.5. The van der Waals surface area contributed by atoms with Crippen LogP contribution in [0.15, 0.2) is 42.5 Å². The summed E-state index contributed by atoms with van der Waals surface area (Å²) in [4.78, 5) is 12.6. The molecular weight excluding hydrogens is 388 g/mol. The summed E-state index contributed by atoms with van der Waals surface area (Å²) in [5.41, 5.74) is 2.33. The third-order valence-electron chi connectivity index (χ3n) is 5.34. The molecule has 1 aliphatic rings. The molecule has 152 valence electrons. The van der Waals surface area contributed by atoms with Crippen molar-refractivity contribution in [1.82, 2.24) is 20.3 Å². The fraction of sp³-hybridized carbons (Fsp3) is 0.409. The smallest absolute Gasteiger partial charge is 0.251 e. The second-order valence-corrected chi connectivity index (χ2v) is 8.11. The number of hydrogen-bond donors (Lipinski definition) is 1. The Morgan fingerprint density at radius 1 is 1.21 bits per heavy atom. The first-order chi connectivity index (χ1) is 14.1. The molecular formula is C22H25ClN4O2. The van der Waals surface area contributed by atoms with E-state index in [4.69, 9.17) is 16.3 Å². The van der Waals surface area contributed by atoms with Gasteiger partial charge >= 0.3 is 0 Å². The molecule has 1 amide bonds. The number of halogens is 1. The van der Waals surface area contributed by atoms with E-state index in [1.807, 2.05) is 29.8 Å². The zero-order valence-electron chi connectivity index (χ0n) is 16.5. The molecule has 4 rings (SSSR count). The summed E-state index contributed by atoms with van der Waals surface area (Å²) in [5.74, 6) is 0.572. The standard InChI is InChI=1S/C22H25ClN4O2/c1-15(14-29-19-10-8-17(23)9-11-19)24-22(28)16-7-12-21-20(13-16)25-26-27(21)18-5-3-2-4-6-18/h7-13,15,18H,2-6,14H2,1H3,(H,24,28)/t15-/m1/s1. The predicted molar refractivity (Wildman–Crippen MR) is 114 cm³/mol. The summed E-state index contributed by atoms with van der Waals surface area (Å²) in [6, 6.07) is 13.0. The predicted octanol–water partition coefficient (Wildman–Crippen LogP) is 4.79. The van der Waals surface area contributed by atoms with Crippen LogP contribution < -0.4 is 10.1 Å². The van der Waals surface area contributed by atoms with Crippen molar-refractivity contribution >= 4 is 28.5 Å². The topological polar surface area (TPSA) is 69.0 Å². The number of fused-ring (bicyclic) bond motifs is 1. The maximum absolute atomic E-state index is 12.6. The lowest BCUT2D eigenvalue weighted by Gasteiger charge is -2.21. The first-order valence-corrected chi connectivity index (χ1v) is 10.5. The molecule has 0 bridgehead atoms. The highest BCUT2D eigenvalue weighted by Gasteiger charge is 2.19. The van der Waals surface area contributed by atoms with Gasteiger partial charge in [0.15, 0.2) is 0 Å². The zero-order chi connectivity index (χ0) is 20.2. The minimum Gasteiger partial charge on any atom is -0.491 e. The van der Waals surface area contributed by atoms with Gasteiger partial charge < -0.3 is 10.1 Å². The van der Waals surface area contributed by atoms with Crippen LogP contribution in [-0.4, -0.2) is 33.5 Å². The fourth-order valence-corrected chi connectivity index (χ4v) is 3.91. The van der Waals surface area contributed by atoms with E-state index >= 15 is 0 Å². The third kappa shape index (κ3) is 4.70. The fourth-order valence-electron chi connectivity index (χ4n) is 3.78. The number of nitrogens with one attached hydrogen (secondary N) is 1. The Bertz CT molecular complexity index is 980. The van der Waals surface area contributed by atoms with Crippen LogP contribution in [0.4, 0.5) is 0 Å². The molecule has 1 N–H and O–H groups in total. The van der Waals surface area contributed by atoms with E-state index in [0.717, 1.165) is 29.6 Å². The number of carbonyl (C=O) groups is 1. The van der Waals surface area contributed by atoms with Gasteiger partial charge in [-0.1, -0.05) is 36.1 Å². The van der Waals surface area contributed by atoms with E-state index in [1.54, 1.807) is 24.3 Å². The van der Waals surface area contributed by atoms with E-state index in [0.29, 0.717) is 23.2 Å². The maximum Gasteiger partial charge on any atom is 0.251 e. The molecule has 0 unspecified atom stereocenters. The number of carbonyl (C=O) groups excluding carboxylic acids is 1. The quantitative estimate of drug-likeness (QED) is 0.632. The van der Waals surface area contributed by atoms with Crippen LogP contribution in [0.5, 0.6) is 5.75 Å². The molecule has 0 radical (unpaired) electrons. The van der Waals surface area contributed by atoms with Crippen LogP contribution in [0, 0.1) is 0 Å². The summed E-state index contributed by atoms with van der Waals surface area (Å²) in [5, 5.41) is 12.3. The first-order valence-electron chi connectivity index (χ1n) is 10.1. The Balaban J connectivity index is 1.38. The van der Waals surface area contributed by atoms with Crippen LogP contribution in [0.3, 0.4) is 0 Å². The Morgan fingerprint density at radius 3 is 2.72 bits per heavy atom. The Labute approximate surface area is 175 Å². The number of nitrogens with zero attached hydrogens (tertiary/aromatic N) is 3. The molecule has 0 aliphatic heterocycles. The van der Waals surface area contributed by atoms with Crippen LogP contribution >= 0.6 is 11.6 Å². The number of ether oxygens (including phenoxy) is 1. The van der Waals surface area contributed by atoms with Crippen molar-refractivity contribution < 1.29 is 9.53 Å². The Hall–Kier alpha value is -2.60. The molecule has 0 saturated heterocycles. The highest BCUT2D eigenvalue weighted by molar-refractivity contribution is 6.30. The average Bonchev–Trinajstić information content (AvgIpc) is 3.17. The van der Waals surface area contributed by atoms with Gasteiger partial charge in [-0.3, -0.25) is 4.79 Å². The van der Waals surface area contributed by atoms with Crippen molar-refractivity contribution in [3.05, 3.63) is 53.1 Å². The molecule has 1 atom stereocenters. The van der Waals surface area contributed by atoms with Crippen molar-refractivity contribution in [3.63, 3.8) is 0 Å². The lowest BCUT2D eigenvalue weighted by atomic mass is 9.95. The molecule has 1 aromatic heterocycles. The van der Waals surface area contributed by atoms with Gasteiger partial charge in [-0.2, -0.15) is 0 Å². The van der Waals surface area contributed by atoms with Gasteiger partial charge in [0, 0.05) is 10.6 Å². The largest absolute Gasteiger partial charge is 0.491 e. The van der Waals surface area contributed by atoms with Crippen molar-refractivity contribution in [3.8, 4) is 5.75 Å². The van der Waals surface area contributed by atoms with Gasteiger partial charge in [-0.05, 0) is 62.2 Å². The van der Waals surface area contributed by atoms with Crippen LogP contribution in [0.1, 0.15) is 55.4 Å². The average molecular weight is 413 g/mol. The van der Waals surface area contributed by atoms with Gasteiger partial charge in [0.05, 0.1) is 17.6 Å². The zero-order valence-corrected chi connectivity index (χ0v) is 17.2. The van der Waals surface area contributed by atoms with Crippen LogP contribution in [0.25, 0.3) is 11.0 Å². The SMILES string of the molecule is C[C@H](COc1ccc(Cl)cc1)NC(=O)c1ccc2c(c1)nnn2C1CCCCC1. The van der Waals surface area contributed by atoms with Crippen molar-refractivity contribution in [2.75, 3.05) is 6.61 Å². The van der Waals surface area contributed by atoms with E-state index in [9.17, 15) is 4.79 Å². The third-order valence-corrected chi connectivity index (χ3v) is 5.60. The van der Waals surface area contributed by atoms with E-state index in [-0.39, 0.29) is 11.9 Å². The number of amides is 1. The summed E-state index contributed by atoms with van der Waals surface area (Å²) in [6.07, 6.45) is 6.07. The molecule has 1 fully saturated rings. The van der Waals surface area contributed by atoms with E-state index < -0.39 is 0 Å². The second kappa shape index (κ2) is 8.82. The molecule has 29 heavy (non-hydrogen) atoms. The monoisotopic (exact) mass is 412 g/mol. The molecule has 2 aromatic carbocycles. The van der Waals surface area contributed by atoms with Gasteiger partial charge in [-0.15, -0.1) is 5.10 Å². The van der Waals surface area contributed by atoms with Crippen LogP contribution in [-0.2, 0) is 0 Å². The molecule has 7 heteroatoms. The second-order valence-electron chi connectivity index (χ2n) is 7.67. The lowest BCUT2D eigenvalue weighted by Crippen LogP contribution is -2.36. The van der Waals surface area contributed by atoms with Crippen LogP contribution in [0.2, 0.25) is 5.02 Å². The number of hydrogen-bond acceptors (Lipinski definition) is 4. The minimum absolute atomic E-state index is 0.146. The Kier molecular flexibility index (Phi) is 6.00. The first kappa shape index (κ1) is 19.7. The van der Waals surface area contributed by atoms with Gasteiger partial charge in [0.2, 0.25) is 0 Å². The maximum atomic E-state index is 12.6. The van der Waals surface area contributed by atoms with Gasteiger partial charge in [0.1, 0.15) is 17.9 Å². The molecule has 1 heterocycles. The highest BCUT2D eigenvalue weighted by Crippen LogP contribution is 2.30. The molecule has 1 saturated carbocycles. The Morgan fingerprint density at radius 2 is 1.97 bits per heavy atom. The summed E-state index contributed by atoms with van der Waals surface area (Å²) in [7, 11) is 0. The normalized spacial score (nSPS) is 15.9. The molecule has 1 aliphatic carbocycles. The summed E-state index contributed by atoms with van der Waals surface area (Å²) in [6.45, 7) is 2.28. The molecule has 3 aromatic rings. The van der Waals surface area contributed by atoms with E-state index in [1.165, 1.54) is 19.3 Å². The number of benzene rings is 2. The number of rotatable bonds is 6. The van der Waals surface area contributed by atoms with Crippen molar-refractivity contribution in [2.45, 2.75) is 51.1 Å².